The van der Waals surface area contributed by atoms with Gasteiger partial charge in [0.1, 0.15) is 5.37 Å². The number of aryl methyl sites for hydroxylation is 1. The number of nitrogens with zero attached hydrogens (tertiary/aromatic N) is 1. The van der Waals surface area contributed by atoms with Gasteiger partial charge in [0.05, 0.1) is 5.25 Å². The molecule has 1 saturated heterocycles. The Morgan fingerprint density at radius 2 is 2.13 bits per heavy atom. The highest BCUT2D eigenvalue weighted by Crippen LogP contribution is 2.42. The molecule has 126 valence electrons. The fourth-order valence-electron chi connectivity index (χ4n) is 2.61. The van der Waals surface area contributed by atoms with Crippen LogP contribution in [0.4, 0.5) is 0 Å². The number of carbonyl (C=O) groups is 2. The maximum atomic E-state index is 12.4. The first-order chi connectivity index (χ1) is 10.9. The molecule has 2 amide bonds. The van der Waals surface area contributed by atoms with Crippen molar-refractivity contribution >= 4 is 23.6 Å². The smallest absolute Gasteiger partial charge is 0.236 e. The number of hydrogen-bond donors (Lipinski definition) is 1. The van der Waals surface area contributed by atoms with E-state index in [9.17, 15) is 9.59 Å². The molecule has 1 heterocycles. The Balaban J connectivity index is 2.02. The highest BCUT2D eigenvalue weighted by atomic mass is 32.2. The predicted octanol–water partition coefficient (Wildman–Crippen LogP) is 3.12. The second-order valence-corrected chi connectivity index (χ2v) is 7.95. The zero-order valence-corrected chi connectivity index (χ0v) is 15.2. The SMILES string of the molecule is Cc1cccc([C@@H]2S[C@@H](C)C(=O)N2CCC(=O)NCC(C)C)c1. The van der Waals surface area contributed by atoms with Crippen LogP contribution in [-0.2, 0) is 9.59 Å². The average molecular weight is 334 g/mol. The lowest BCUT2D eigenvalue weighted by atomic mass is 10.1. The number of hydrogen-bond acceptors (Lipinski definition) is 3. The van der Waals surface area contributed by atoms with Crippen molar-refractivity contribution in [2.45, 2.75) is 44.7 Å². The van der Waals surface area contributed by atoms with E-state index in [1.54, 1.807) is 11.8 Å². The normalized spacial score (nSPS) is 21.1. The molecular formula is C18H26N2O2S. The third-order valence-electron chi connectivity index (χ3n) is 3.86. The summed E-state index contributed by atoms with van der Waals surface area (Å²) in [5, 5.41) is 2.87. The number of amides is 2. The molecule has 0 radical (unpaired) electrons. The maximum Gasteiger partial charge on any atom is 0.236 e. The third kappa shape index (κ3) is 4.74. The van der Waals surface area contributed by atoms with Crippen molar-refractivity contribution in [1.29, 1.82) is 0 Å². The molecule has 0 spiro atoms. The molecule has 2 atom stereocenters. The number of carbonyl (C=O) groups excluding carboxylic acids is 2. The molecule has 5 heteroatoms. The van der Waals surface area contributed by atoms with Gasteiger partial charge in [-0.2, -0.15) is 0 Å². The van der Waals surface area contributed by atoms with Crippen LogP contribution >= 0.6 is 11.8 Å². The molecule has 2 rings (SSSR count). The van der Waals surface area contributed by atoms with Gasteiger partial charge >= 0.3 is 0 Å². The summed E-state index contributed by atoms with van der Waals surface area (Å²) in [5.74, 6) is 0.570. The zero-order chi connectivity index (χ0) is 17.0. The molecular weight excluding hydrogens is 308 g/mol. The second-order valence-electron chi connectivity index (χ2n) is 6.52. The summed E-state index contributed by atoms with van der Waals surface area (Å²) < 4.78 is 0. The minimum Gasteiger partial charge on any atom is -0.356 e. The monoisotopic (exact) mass is 334 g/mol. The topological polar surface area (TPSA) is 49.4 Å². The Labute approximate surface area is 143 Å². The molecule has 1 aliphatic rings. The van der Waals surface area contributed by atoms with Crippen LogP contribution in [-0.4, -0.2) is 35.1 Å². The van der Waals surface area contributed by atoms with Gasteiger partial charge in [0, 0.05) is 19.5 Å². The van der Waals surface area contributed by atoms with Crippen LogP contribution in [0.5, 0.6) is 0 Å². The molecule has 1 fully saturated rings. The van der Waals surface area contributed by atoms with Crippen molar-refractivity contribution in [2.75, 3.05) is 13.1 Å². The van der Waals surface area contributed by atoms with Crippen molar-refractivity contribution in [3.63, 3.8) is 0 Å². The first-order valence-corrected chi connectivity index (χ1v) is 9.12. The number of benzene rings is 1. The fourth-order valence-corrected chi connectivity index (χ4v) is 3.91. The highest BCUT2D eigenvalue weighted by Gasteiger charge is 2.38. The summed E-state index contributed by atoms with van der Waals surface area (Å²) >= 11 is 1.66. The van der Waals surface area contributed by atoms with Crippen LogP contribution < -0.4 is 5.32 Å². The van der Waals surface area contributed by atoms with Gasteiger partial charge in [-0.3, -0.25) is 9.59 Å². The summed E-state index contributed by atoms with van der Waals surface area (Å²) in [4.78, 5) is 26.2. The van der Waals surface area contributed by atoms with Gasteiger partial charge in [0.25, 0.3) is 0 Å². The Morgan fingerprint density at radius 1 is 1.39 bits per heavy atom. The molecule has 4 nitrogen and oxygen atoms in total. The van der Waals surface area contributed by atoms with Gasteiger partial charge in [-0.05, 0) is 25.3 Å². The molecule has 1 aliphatic heterocycles. The van der Waals surface area contributed by atoms with Crippen LogP contribution in [0, 0.1) is 12.8 Å². The lowest BCUT2D eigenvalue weighted by Gasteiger charge is -2.24. The maximum absolute atomic E-state index is 12.4. The largest absolute Gasteiger partial charge is 0.356 e. The molecule has 1 aromatic rings. The Hall–Kier alpha value is -1.49. The molecule has 0 aromatic heterocycles. The van der Waals surface area contributed by atoms with Crippen molar-refractivity contribution in [3.05, 3.63) is 35.4 Å². The van der Waals surface area contributed by atoms with E-state index in [-0.39, 0.29) is 22.4 Å². The Morgan fingerprint density at radius 3 is 2.78 bits per heavy atom. The highest BCUT2D eigenvalue weighted by molar-refractivity contribution is 8.01. The van der Waals surface area contributed by atoms with Crippen molar-refractivity contribution in [2.24, 2.45) is 5.92 Å². The summed E-state index contributed by atoms with van der Waals surface area (Å²) in [5.41, 5.74) is 2.32. The van der Waals surface area contributed by atoms with E-state index in [0.29, 0.717) is 25.4 Å². The van der Waals surface area contributed by atoms with E-state index in [4.69, 9.17) is 0 Å². The van der Waals surface area contributed by atoms with Crippen molar-refractivity contribution < 1.29 is 9.59 Å². The van der Waals surface area contributed by atoms with Crippen molar-refractivity contribution in [3.8, 4) is 0 Å². The van der Waals surface area contributed by atoms with Gasteiger partial charge in [-0.1, -0.05) is 43.7 Å². The van der Waals surface area contributed by atoms with E-state index in [1.807, 2.05) is 17.9 Å². The van der Waals surface area contributed by atoms with E-state index in [1.165, 1.54) is 5.56 Å². The lowest BCUT2D eigenvalue weighted by Crippen LogP contribution is -2.35. The van der Waals surface area contributed by atoms with Crippen LogP contribution in [0.15, 0.2) is 24.3 Å². The van der Waals surface area contributed by atoms with E-state index in [0.717, 1.165) is 5.56 Å². The molecule has 0 saturated carbocycles. The van der Waals surface area contributed by atoms with Gasteiger partial charge in [0.2, 0.25) is 11.8 Å². The second kappa shape index (κ2) is 7.86. The Kier molecular flexibility index (Phi) is 6.10. The van der Waals surface area contributed by atoms with Gasteiger partial charge < -0.3 is 10.2 Å². The van der Waals surface area contributed by atoms with Gasteiger partial charge in [-0.15, -0.1) is 11.8 Å². The number of nitrogens with one attached hydrogen (secondary N) is 1. The fraction of sp³-hybridized carbons (Fsp3) is 0.556. The molecule has 0 unspecified atom stereocenters. The van der Waals surface area contributed by atoms with Crippen LogP contribution in [0.1, 0.15) is 43.7 Å². The summed E-state index contributed by atoms with van der Waals surface area (Å²) in [6, 6.07) is 8.25. The first-order valence-electron chi connectivity index (χ1n) is 8.17. The molecule has 0 aliphatic carbocycles. The van der Waals surface area contributed by atoms with Crippen LogP contribution in [0.3, 0.4) is 0 Å². The average Bonchev–Trinajstić information content (AvgIpc) is 2.78. The minimum absolute atomic E-state index is 0.00954. The summed E-state index contributed by atoms with van der Waals surface area (Å²) in [6.45, 7) is 9.28. The van der Waals surface area contributed by atoms with Crippen LogP contribution in [0.2, 0.25) is 0 Å². The van der Waals surface area contributed by atoms with Crippen LogP contribution in [0.25, 0.3) is 0 Å². The predicted molar refractivity (Wildman–Crippen MR) is 95.2 cm³/mol. The summed E-state index contributed by atoms with van der Waals surface area (Å²) in [6.07, 6.45) is 0.355. The molecule has 0 bridgehead atoms. The van der Waals surface area contributed by atoms with Crippen molar-refractivity contribution in [1.82, 2.24) is 10.2 Å². The van der Waals surface area contributed by atoms with E-state index < -0.39 is 0 Å². The zero-order valence-electron chi connectivity index (χ0n) is 14.3. The van der Waals surface area contributed by atoms with E-state index >= 15 is 0 Å². The lowest BCUT2D eigenvalue weighted by molar-refractivity contribution is -0.130. The molecule has 23 heavy (non-hydrogen) atoms. The van der Waals surface area contributed by atoms with Gasteiger partial charge in [-0.25, -0.2) is 0 Å². The number of thioether (sulfide) groups is 1. The molecule has 1 aromatic carbocycles. The minimum atomic E-state index is -0.0563. The molecule has 1 N–H and O–H groups in total. The quantitative estimate of drug-likeness (QED) is 0.869. The third-order valence-corrected chi connectivity index (χ3v) is 5.26. The first kappa shape index (κ1) is 17.9. The standard InChI is InChI=1S/C18H26N2O2S/c1-12(2)11-19-16(21)8-9-20-17(22)14(4)23-18(20)15-7-5-6-13(3)10-15/h5-7,10,12,14,18H,8-9,11H2,1-4H3,(H,19,21)/t14-,18-/m0/s1. The van der Waals surface area contributed by atoms with Gasteiger partial charge in [0.15, 0.2) is 0 Å². The summed E-state index contributed by atoms with van der Waals surface area (Å²) in [7, 11) is 0. The van der Waals surface area contributed by atoms with E-state index in [2.05, 4.69) is 44.3 Å². The Bertz CT molecular complexity index is 574. The number of rotatable bonds is 6.